The summed E-state index contributed by atoms with van der Waals surface area (Å²) in [4.78, 5) is 0. The summed E-state index contributed by atoms with van der Waals surface area (Å²) in [6, 6.07) is 2.33. The molecular formula is C9H17NOSi. The first-order valence-electron chi connectivity index (χ1n) is 4.60. The topological polar surface area (TPSA) is 33.0 Å². The van der Waals surface area contributed by atoms with Crippen LogP contribution < -0.4 is 0 Å². The van der Waals surface area contributed by atoms with E-state index in [1.54, 1.807) is 0 Å². The fourth-order valence-electron chi connectivity index (χ4n) is 1.67. The molecule has 12 heavy (non-hydrogen) atoms. The summed E-state index contributed by atoms with van der Waals surface area (Å²) in [6.07, 6.45) is 3.52. The van der Waals surface area contributed by atoms with Crippen LogP contribution in [-0.2, 0) is 4.43 Å². The van der Waals surface area contributed by atoms with Gasteiger partial charge in [0, 0.05) is 0 Å². The Kier molecular flexibility index (Phi) is 2.92. The molecule has 0 aromatic heterocycles. The summed E-state index contributed by atoms with van der Waals surface area (Å²) in [5.41, 5.74) is 0. The Labute approximate surface area is 75.7 Å². The summed E-state index contributed by atoms with van der Waals surface area (Å²) in [6.45, 7) is 6.54. The van der Waals surface area contributed by atoms with Crippen LogP contribution in [0.3, 0.4) is 0 Å². The van der Waals surface area contributed by atoms with E-state index in [4.69, 9.17) is 9.69 Å². The zero-order chi connectivity index (χ0) is 9.19. The first-order chi connectivity index (χ1) is 5.53. The summed E-state index contributed by atoms with van der Waals surface area (Å²) < 4.78 is 5.92. The maximum Gasteiger partial charge on any atom is 0.184 e. The minimum Gasteiger partial charge on any atom is -0.413 e. The third-order valence-electron chi connectivity index (χ3n) is 2.12. The van der Waals surface area contributed by atoms with Crippen LogP contribution in [-0.4, -0.2) is 14.4 Å². The van der Waals surface area contributed by atoms with Crippen LogP contribution in [0.4, 0.5) is 0 Å². The number of hydrogen-bond donors (Lipinski definition) is 0. The van der Waals surface area contributed by atoms with Crippen LogP contribution >= 0.6 is 0 Å². The van der Waals surface area contributed by atoms with Gasteiger partial charge in [0.2, 0.25) is 0 Å². The maximum absolute atomic E-state index is 8.82. The Morgan fingerprint density at radius 2 is 2.00 bits per heavy atom. The average molecular weight is 183 g/mol. The highest BCUT2D eigenvalue weighted by atomic mass is 28.4. The van der Waals surface area contributed by atoms with Crippen molar-refractivity contribution in [2.45, 2.75) is 45.0 Å². The van der Waals surface area contributed by atoms with Gasteiger partial charge in [-0.3, -0.25) is 0 Å². The fraction of sp³-hybridized carbons (Fsp3) is 0.889. The van der Waals surface area contributed by atoms with E-state index in [0.717, 1.165) is 19.3 Å². The molecule has 2 atom stereocenters. The van der Waals surface area contributed by atoms with Gasteiger partial charge < -0.3 is 4.43 Å². The third kappa shape index (κ3) is 2.61. The van der Waals surface area contributed by atoms with Crippen LogP contribution in [0.15, 0.2) is 0 Å². The molecule has 1 saturated carbocycles. The van der Waals surface area contributed by atoms with Crippen molar-refractivity contribution in [1.29, 1.82) is 5.26 Å². The summed E-state index contributed by atoms with van der Waals surface area (Å²) >= 11 is 0. The summed E-state index contributed by atoms with van der Waals surface area (Å²) in [5, 5.41) is 8.82. The van der Waals surface area contributed by atoms with Gasteiger partial charge in [-0.25, -0.2) is 0 Å². The van der Waals surface area contributed by atoms with E-state index >= 15 is 0 Å². The number of rotatable bonds is 2. The van der Waals surface area contributed by atoms with Crippen molar-refractivity contribution in [3.63, 3.8) is 0 Å². The SMILES string of the molecule is C[Si](C)(C)O[C@H]1CCC[C@@H]1C#N. The Morgan fingerprint density at radius 1 is 1.33 bits per heavy atom. The van der Waals surface area contributed by atoms with Gasteiger partial charge in [0.05, 0.1) is 18.1 Å². The molecule has 0 N–H and O–H groups in total. The molecule has 3 heteroatoms. The van der Waals surface area contributed by atoms with Crippen LogP contribution in [0.5, 0.6) is 0 Å². The Hall–Kier alpha value is -0.333. The van der Waals surface area contributed by atoms with Crippen molar-refractivity contribution in [3.8, 4) is 6.07 Å². The van der Waals surface area contributed by atoms with Crippen molar-refractivity contribution in [2.24, 2.45) is 5.92 Å². The lowest BCUT2D eigenvalue weighted by Gasteiger charge is -2.24. The molecule has 0 amide bonds. The lowest BCUT2D eigenvalue weighted by atomic mass is 10.1. The minimum atomic E-state index is -1.43. The van der Waals surface area contributed by atoms with Crippen LogP contribution in [0.1, 0.15) is 19.3 Å². The molecule has 0 aromatic rings. The van der Waals surface area contributed by atoms with Gasteiger partial charge in [-0.05, 0) is 38.9 Å². The highest BCUT2D eigenvalue weighted by Crippen LogP contribution is 2.29. The second-order valence-corrected chi connectivity index (χ2v) is 8.90. The lowest BCUT2D eigenvalue weighted by molar-refractivity contribution is 0.175. The molecular weight excluding hydrogens is 166 g/mol. The fourth-order valence-corrected chi connectivity index (χ4v) is 2.86. The van der Waals surface area contributed by atoms with Crippen LogP contribution in [0, 0.1) is 17.2 Å². The predicted octanol–water partition coefficient (Wildman–Crippen LogP) is 2.53. The molecule has 0 aliphatic heterocycles. The van der Waals surface area contributed by atoms with Crippen molar-refractivity contribution in [2.75, 3.05) is 0 Å². The number of nitrogens with zero attached hydrogens (tertiary/aromatic N) is 1. The molecule has 0 unspecified atom stereocenters. The third-order valence-corrected chi connectivity index (χ3v) is 3.13. The molecule has 1 rings (SSSR count). The number of hydrogen-bond acceptors (Lipinski definition) is 2. The molecule has 1 aliphatic rings. The minimum absolute atomic E-state index is 0.164. The van der Waals surface area contributed by atoms with E-state index in [-0.39, 0.29) is 12.0 Å². The maximum atomic E-state index is 8.82. The molecule has 0 spiro atoms. The Bertz CT molecular complexity index is 192. The molecule has 68 valence electrons. The summed E-state index contributed by atoms with van der Waals surface area (Å²) in [7, 11) is -1.43. The standard InChI is InChI=1S/C9H17NOSi/c1-12(2,3)11-9-6-4-5-8(9)7-10/h8-9H,4-6H2,1-3H3/t8-,9+/m1/s1. The van der Waals surface area contributed by atoms with Gasteiger partial charge in [-0.15, -0.1) is 0 Å². The Morgan fingerprint density at radius 3 is 2.50 bits per heavy atom. The van der Waals surface area contributed by atoms with Crippen molar-refractivity contribution >= 4 is 8.32 Å². The van der Waals surface area contributed by atoms with Crippen molar-refractivity contribution in [3.05, 3.63) is 0 Å². The van der Waals surface area contributed by atoms with Gasteiger partial charge in [-0.2, -0.15) is 5.26 Å². The lowest BCUT2D eigenvalue weighted by Crippen LogP contribution is -2.33. The molecule has 0 saturated heterocycles. The zero-order valence-corrected chi connectivity index (χ0v) is 9.13. The summed E-state index contributed by atoms with van der Waals surface area (Å²) in [5.74, 6) is 0.164. The Balaban J connectivity index is 2.48. The quantitative estimate of drug-likeness (QED) is 0.616. The monoisotopic (exact) mass is 183 g/mol. The second-order valence-electron chi connectivity index (χ2n) is 4.44. The van der Waals surface area contributed by atoms with Crippen molar-refractivity contribution in [1.82, 2.24) is 0 Å². The predicted molar refractivity (Wildman–Crippen MR) is 51.2 cm³/mol. The smallest absolute Gasteiger partial charge is 0.184 e. The van der Waals surface area contributed by atoms with Gasteiger partial charge >= 0.3 is 0 Å². The van der Waals surface area contributed by atoms with Crippen LogP contribution in [0.2, 0.25) is 19.6 Å². The highest BCUT2D eigenvalue weighted by molar-refractivity contribution is 6.69. The van der Waals surface area contributed by atoms with E-state index in [1.807, 2.05) is 0 Å². The molecule has 1 aliphatic carbocycles. The van der Waals surface area contributed by atoms with Crippen molar-refractivity contribution < 1.29 is 4.43 Å². The number of nitriles is 1. The largest absolute Gasteiger partial charge is 0.413 e. The van der Waals surface area contributed by atoms with E-state index in [0.29, 0.717) is 0 Å². The molecule has 1 fully saturated rings. The first kappa shape index (κ1) is 9.75. The average Bonchev–Trinajstić information content (AvgIpc) is 2.31. The van der Waals surface area contributed by atoms with E-state index in [9.17, 15) is 0 Å². The molecule has 0 aromatic carbocycles. The molecule has 0 radical (unpaired) electrons. The van der Waals surface area contributed by atoms with Gasteiger partial charge in [0.15, 0.2) is 8.32 Å². The molecule has 0 bridgehead atoms. The van der Waals surface area contributed by atoms with Gasteiger partial charge in [-0.1, -0.05) is 0 Å². The highest BCUT2D eigenvalue weighted by Gasteiger charge is 2.31. The molecule has 0 heterocycles. The van der Waals surface area contributed by atoms with E-state index < -0.39 is 8.32 Å². The van der Waals surface area contributed by atoms with E-state index in [1.165, 1.54) is 0 Å². The van der Waals surface area contributed by atoms with E-state index in [2.05, 4.69) is 25.7 Å². The van der Waals surface area contributed by atoms with Gasteiger partial charge in [0.25, 0.3) is 0 Å². The zero-order valence-electron chi connectivity index (χ0n) is 8.13. The van der Waals surface area contributed by atoms with Crippen LogP contribution in [0.25, 0.3) is 0 Å². The second kappa shape index (κ2) is 3.59. The van der Waals surface area contributed by atoms with Gasteiger partial charge in [0.1, 0.15) is 0 Å². The molecule has 2 nitrogen and oxygen atoms in total. The first-order valence-corrected chi connectivity index (χ1v) is 8.01. The normalized spacial score (nSPS) is 30.2.